The number of H-pyrrole nitrogens is 1. The van der Waals surface area contributed by atoms with Gasteiger partial charge < -0.3 is 14.6 Å². The third-order valence-corrected chi connectivity index (χ3v) is 6.08. The van der Waals surface area contributed by atoms with Gasteiger partial charge >= 0.3 is 5.97 Å². The number of aromatic amines is 1. The topological polar surface area (TPSA) is 106 Å². The Morgan fingerprint density at radius 3 is 2.42 bits per heavy atom. The maximum atomic E-state index is 14.5. The van der Waals surface area contributed by atoms with Crippen molar-refractivity contribution in [2.45, 2.75) is 19.9 Å². The molecule has 0 atom stereocenters. The summed E-state index contributed by atoms with van der Waals surface area (Å²) in [6.45, 7) is 3.40. The number of ether oxygens (including phenoxy) is 1. The van der Waals surface area contributed by atoms with Gasteiger partial charge in [0.15, 0.2) is 17.5 Å². The summed E-state index contributed by atoms with van der Waals surface area (Å²) < 4.78 is 46.6. The molecule has 5 rings (SSSR count). The second-order valence-electron chi connectivity index (χ2n) is 8.86. The predicted octanol–water partition coefficient (Wildman–Crippen LogP) is 6.90. The van der Waals surface area contributed by atoms with Crippen LogP contribution < -0.4 is 4.90 Å². The van der Waals surface area contributed by atoms with Crippen molar-refractivity contribution in [3.8, 4) is 12.1 Å². The molecule has 40 heavy (non-hydrogen) atoms. The van der Waals surface area contributed by atoms with Crippen molar-refractivity contribution in [2.24, 2.45) is 0 Å². The number of hydrogen-bond acceptors (Lipinski definition) is 6. The lowest BCUT2D eigenvalue weighted by Gasteiger charge is -2.29. The number of methoxy groups -OCH3 is 1. The summed E-state index contributed by atoms with van der Waals surface area (Å²) in [7, 11) is 1.20. The molecule has 0 aliphatic heterocycles. The number of carbonyl (C=O) groups is 1. The first kappa shape index (κ1) is 27.7. The predicted molar refractivity (Wildman–Crippen MR) is 144 cm³/mol. The lowest BCUT2D eigenvalue weighted by Crippen LogP contribution is -2.28. The molecule has 0 spiro atoms. The Labute approximate surface area is 227 Å². The number of anilines is 2. The van der Waals surface area contributed by atoms with Gasteiger partial charge in [-0.1, -0.05) is 24.3 Å². The average Bonchev–Trinajstić information content (AvgIpc) is 3.34. The summed E-state index contributed by atoms with van der Waals surface area (Å²) in [6.07, 6.45) is 1.70. The highest BCUT2D eigenvalue weighted by atomic mass is 19.2. The van der Waals surface area contributed by atoms with Gasteiger partial charge in [-0.05, 0) is 50.2 Å². The number of rotatable bonds is 4. The Morgan fingerprint density at radius 2 is 1.75 bits per heavy atom. The van der Waals surface area contributed by atoms with E-state index < -0.39 is 29.5 Å². The van der Waals surface area contributed by atoms with Crippen LogP contribution in [-0.2, 0) is 4.74 Å². The van der Waals surface area contributed by atoms with Gasteiger partial charge in [-0.3, -0.25) is 4.98 Å². The van der Waals surface area contributed by atoms with Gasteiger partial charge in [-0.15, -0.1) is 0 Å². The first-order chi connectivity index (χ1) is 19.2. The molecular formula is C30H22F3N5O2. The van der Waals surface area contributed by atoms with Gasteiger partial charge in [0, 0.05) is 28.5 Å². The average molecular weight is 542 g/mol. The van der Waals surface area contributed by atoms with E-state index in [0.29, 0.717) is 22.0 Å². The number of pyridine rings is 1. The number of esters is 1. The van der Waals surface area contributed by atoms with E-state index in [2.05, 4.69) is 16.0 Å². The van der Waals surface area contributed by atoms with Crippen LogP contribution in [0.1, 0.15) is 35.3 Å². The molecular weight excluding hydrogens is 519 g/mol. The third-order valence-electron chi connectivity index (χ3n) is 6.08. The Hall–Kier alpha value is -5.35. The normalized spacial score (nSPS) is 10.5. The molecule has 0 fully saturated rings. The van der Waals surface area contributed by atoms with Gasteiger partial charge in [0.2, 0.25) is 0 Å². The van der Waals surface area contributed by atoms with Gasteiger partial charge in [0.25, 0.3) is 0 Å². The molecule has 0 bridgehead atoms. The fourth-order valence-electron chi connectivity index (χ4n) is 4.30. The monoisotopic (exact) mass is 541 g/mol. The zero-order valence-corrected chi connectivity index (χ0v) is 21.7. The molecule has 2 heterocycles. The highest BCUT2D eigenvalue weighted by Gasteiger charge is 2.29. The fraction of sp³-hybridized carbons (Fsp3) is 0.133. The highest BCUT2D eigenvalue weighted by Crippen LogP contribution is 2.37. The molecule has 0 unspecified atom stereocenters. The van der Waals surface area contributed by atoms with E-state index in [1.54, 1.807) is 32.2 Å². The molecule has 0 saturated heterocycles. The van der Waals surface area contributed by atoms with Crippen molar-refractivity contribution in [2.75, 3.05) is 12.0 Å². The summed E-state index contributed by atoms with van der Waals surface area (Å²) in [6, 6.07) is 19.6. The minimum atomic E-state index is -1.61. The molecule has 0 aliphatic carbocycles. The van der Waals surface area contributed by atoms with Gasteiger partial charge in [0.05, 0.1) is 35.5 Å². The number of halogens is 3. The minimum absolute atomic E-state index is 0.0971. The second kappa shape index (κ2) is 11.6. The summed E-state index contributed by atoms with van der Waals surface area (Å²) in [4.78, 5) is 20.9. The maximum absolute atomic E-state index is 14.5. The number of carbonyl (C=O) groups excluding carboxylic acids is 1. The van der Waals surface area contributed by atoms with Gasteiger partial charge in [-0.25, -0.2) is 18.0 Å². The Bertz CT molecular complexity index is 1810. The standard InChI is InChI=1S/C20H16F3N3O2.C10H6N2/c1-10(2)26(15-7-6-13(21)17(22)18(15)23)19-16(20(27)28-3)12-5-4-11(9-24)8-14(12)25-19;11-7-9-4-1-3-8-5-2-6-12-10(8)9/h4-8,10,25H,1-3H3;1-6H. The number of nitrogens with one attached hydrogen (secondary N) is 1. The van der Waals surface area contributed by atoms with Gasteiger partial charge in [0.1, 0.15) is 17.5 Å². The molecule has 200 valence electrons. The van der Waals surface area contributed by atoms with Crippen molar-refractivity contribution >= 4 is 39.3 Å². The van der Waals surface area contributed by atoms with E-state index in [9.17, 15) is 18.0 Å². The minimum Gasteiger partial charge on any atom is -0.465 e. The quantitative estimate of drug-likeness (QED) is 0.196. The molecule has 10 heteroatoms. The summed E-state index contributed by atoms with van der Waals surface area (Å²) in [5.41, 5.74) is 2.07. The van der Waals surface area contributed by atoms with Gasteiger partial charge in [-0.2, -0.15) is 10.5 Å². The van der Waals surface area contributed by atoms with E-state index in [0.717, 1.165) is 23.0 Å². The number of nitrogens with zero attached hydrogens (tertiary/aromatic N) is 4. The summed E-state index contributed by atoms with van der Waals surface area (Å²) in [5, 5.41) is 19.3. The SMILES string of the molecule is COC(=O)c1c(N(c2ccc(F)c(F)c2F)C(C)C)[nH]c2cc(C#N)ccc12.N#Cc1cccc2cccnc12. The largest absolute Gasteiger partial charge is 0.465 e. The first-order valence-electron chi connectivity index (χ1n) is 12.0. The summed E-state index contributed by atoms with van der Waals surface area (Å²) in [5.74, 6) is -4.84. The van der Waals surface area contributed by atoms with E-state index in [1.807, 2.05) is 30.3 Å². The highest BCUT2D eigenvalue weighted by molar-refractivity contribution is 6.10. The zero-order chi connectivity index (χ0) is 29.0. The maximum Gasteiger partial charge on any atom is 0.342 e. The Morgan fingerprint density at radius 1 is 1.00 bits per heavy atom. The molecule has 0 radical (unpaired) electrons. The molecule has 7 nitrogen and oxygen atoms in total. The number of hydrogen-bond donors (Lipinski definition) is 1. The van der Waals surface area contributed by atoms with Crippen molar-refractivity contribution in [3.63, 3.8) is 0 Å². The smallest absolute Gasteiger partial charge is 0.342 e. The molecule has 2 aromatic heterocycles. The van der Waals surface area contributed by atoms with Crippen LogP contribution >= 0.6 is 0 Å². The van der Waals surface area contributed by atoms with E-state index in [-0.39, 0.29) is 17.1 Å². The second-order valence-corrected chi connectivity index (χ2v) is 8.86. The third kappa shape index (κ3) is 5.16. The molecule has 0 saturated carbocycles. The number of aromatic nitrogens is 2. The lowest BCUT2D eigenvalue weighted by molar-refractivity contribution is 0.0604. The van der Waals surface area contributed by atoms with Crippen molar-refractivity contribution in [1.82, 2.24) is 9.97 Å². The van der Waals surface area contributed by atoms with Crippen LogP contribution in [0.4, 0.5) is 24.7 Å². The molecule has 0 amide bonds. The van der Waals surface area contributed by atoms with E-state index in [4.69, 9.17) is 15.3 Å². The van der Waals surface area contributed by atoms with Crippen LogP contribution in [0.5, 0.6) is 0 Å². The van der Waals surface area contributed by atoms with Crippen LogP contribution in [0.3, 0.4) is 0 Å². The fourth-order valence-corrected chi connectivity index (χ4v) is 4.30. The van der Waals surface area contributed by atoms with Crippen LogP contribution in [-0.4, -0.2) is 29.1 Å². The van der Waals surface area contributed by atoms with Crippen LogP contribution in [0.2, 0.25) is 0 Å². The molecule has 1 N–H and O–H groups in total. The first-order valence-corrected chi connectivity index (χ1v) is 12.0. The number of para-hydroxylation sites is 1. The Kier molecular flexibility index (Phi) is 8.02. The van der Waals surface area contributed by atoms with Crippen LogP contribution in [0.25, 0.3) is 21.8 Å². The molecule has 5 aromatic rings. The van der Waals surface area contributed by atoms with Crippen LogP contribution in [0, 0.1) is 40.1 Å². The lowest BCUT2D eigenvalue weighted by atomic mass is 10.1. The molecule has 0 aliphatic rings. The van der Waals surface area contributed by atoms with Crippen molar-refractivity contribution in [1.29, 1.82) is 10.5 Å². The number of benzene rings is 3. The van der Waals surface area contributed by atoms with Crippen molar-refractivity contribution < 1.29 is 22.7 Å². The summed E-state index contributed by atoms with van der Waals surface area (Å²) >= 11 is 0. The number of nitriles is 2. The van der Waals surface area contributed by atoms with Crippen LogP contribution in [0.15, 0.2) is 66.9 Å². The zero-order valence-electron chi connectivity index (χ0n) is 21.7. The van der Waals surface area contributed by atoms with E-state index >= 15 is 0 Å². The molecule has 3 aromatic carbocycles. The van der Waals surface area contributed by atoms with E-state index in [1.165, 1.54) is 24.1 Å². The Balaban J connectivity index is 0.000000255. The van der Waals surface area contributed by atoms with Crippen molar-refractivity contribution in [3.05, 3.63) is 101 Å². The number of fused-ring (bicyclic) bond motifs is 2.